The summed E-state index contributed by atoms with van der Waals surface area (Å²) in [6.07, 6.45) is 2.89. The first-order valence-corrected chi connectivity index (χ1v) is 10.00. The van der Waals surface area contributed by atoms with E-state index in [1.807, 2.05) is 19.9 Å². The number of nitriles is 1. The number of aromatic hydroxyl groups is 1. The minimum Gasteiger partial charge on any atom is -0.507 e. The molecule has 172 valence electrons. The Balaban J connectivity index is 0.000000335. The number of phenolic OH excluding ortho intramolecular Hbond substituents is 1. The Morgan fingerprint density at radius 3 is 1.88 bits per heavy atom. The van der Waals surface area contributed by atoms with Gasteiger partial charge in [0.1, 0.15) is 11.8 Å². The molecule has 0 heterocycles. The summed E-state index contributed by atoms with van der Waals surface area (Å²) in [4.78, 5) is 45.6. The number of Topliss-reactive ketones (excluding diaryl/α,β-unsaturated/α-hetero) is 1. The number of hydrogen-bond acceptors (Lipinski definition) is 6. The monoisotopic (exact) mass is 449 g/mol. The summed E-state index contributed by atoms with van der Waals surface area (Å²) in [5, 5.41) is 23.3. The van der Waals surface area contributed by atoms with Gasteiger partial charge in [0.25, 0.3) is 0 Å². The highest BCUT2D eigenvalue weighted by Crippen LogP contribution is 2.22. The number of allylic oxidation sites excluding steroid dienone is 5. The van der Waals surface area contributed by atoms with E-state index < -0.39 is 5.78 Å². The van der Waals surface area contributed by atoms with Crippen LogP contribution in [-0.2, 0) is 14.4 Å². The molecule has 2 rings (SSSR count). The van der Waals surface area contributed by atoms with Gasteiger partial charge in [0.15, 0.2) is 0 Å². The molecule has 3 N–H and O–H groups in total. The van der Waals surface area contributed by atoms with E-state index in [2.05, 4.69) is 10.6 Å². The second-order valence-electron chi connectivity index (χ2n) is 7.59. The molecule has 1 aromatic rings. The summed E-state index contributed by atoms with van der Waals surface area (Å²) < 4.78 is 0. The molecule has 0 spiro atoms. The maximum absolute atomic E-state index is 11.8. The molecule has 8 nitrogen and oxygen atoms in total. The third kappa shape index (κ3) is 7.74. The van der Waals surface area contributed by atoms with Crippen molar-refractivity contribution in [2.45, 2.75) is 41.5 Å². The van der Waals surface area contributed by atoms with Crippen molar-refractivity contribution in [2.75, 3.05) is 0 Å². The number of carbonyl (C=O) groups is 4. The van der Waals surface area contributed by atoms with E-state index >= 15 is 0 Å². The molecule has 8 heteroatoms. The molecule has 0 bridgehead atoms. The SMILES string of the molecule is CC(=O)NC1=CC(=C(C)C)C(NC(C)=O)=CC1=O.CC(C)=C(C#N)C(=O)c1ccccc1O. The summed E-state index contributed by atoms with van der Waals surface area (Å²) >= 11 is 0. The summed E-state index contributed by atoms with van der Waals surface area (Å²) in [6.45, 7) is 9.82. The maximum Gasteiger partial charge on any atom is 0.221 e. The number of carbonyl (C=O) groups excluding carboxylic acids is 4. The lowest BCUT2D eigenvalue weighted by atomic mass is 9.98. The largest absolute Gasteiger partial charge is 0.507 e. The fourth-order valence-corrected chi connectivity index (χ4v) is 2.76. The Labute approximate surface area is 193 Å². The smallest absolute Gasteiger partial charge is 0.221 e. The third-order valence-electron chi connectivity index (χ3n) is 4.27. The van der Waals surface area contributed by atoms with Crippen LogP contribution in [0.5, 0.6) is 5.75 Å². The minimum absolute atomic E-state index is 0.0801. The van der Waals surface area contributed by atoms with Gasteiger partial charge in [-0.3, -0.25) is 19.2 Å². The molecule has 1 aromatic carbocycles. The van der Waals surface area contributed by atoms with Crippen LogP contribution in [0.1, 0.15) is 51.9 Å². The number of nitrogens with one attached hydrogen (secondary N) is 2. The summed E-state index contributed by atoms with van der Waals surface area (Å²) in [5.41, 5.74) is 3.23. The predicted molar refractivity (Wildman–Crippen MR) is 124 cm³/mol. The van der Waals surface area contributed by atoms with Crippen molar-refractivity contribution in [3.8, 4) is 11.8 Å². The van der Waals surface area contributed by atoms with Crippen molar-refractivity contribution < 1.29 is 24.3 Å². The molecule has 1 aliphatic carbocycles. The normalized spacial score (nSPS) is 12.2. The third-order valence-corrected chi connectivity index (χ3v) is 4.27. The average molecular weight is 450 g/mol. The van der Waals surface area contributed by atoms with Crippen LogP contribution in [0.25, 0.3) is 0 Å². The van der Waals surface area contributed by atoms with Gasteiger partial charge in [-0.2, -0.15) is 5.26 Å². The minimum atomic E-state index is -0.435. The first-order valence-electron chi connectivity index (χ1n) is 10.00. The molecule has 0 fully saturated rings. The second kappa shape index (κ2) is 12.0. The van der Waals surface area contributed by atoms with Crippen molar-refractivity contribution in [3.05, 3.63) is 75.7 Å². The first kappa shape index (κ1) is 26.8. The maximum atomic E-state index is 11.8. The van der Waals surface area contributed by atoms with E-state index in [9.17, 15) is 24.3 Å². The molecule has 0 atom stereocenters. The van der Waals surface area contributed by atoms with Crippen LogP contribution in [-0.4, -0.2) is 28.5 Å². The molecule has 0 radical (unpaired) electrons. The van der Waals surface area contributed by atoms with E-state index in [4.69, 9.17) is 5.26 Å². The van der Waals surface area contributed by atoms with E-state index in [0.29, 0.717) is 11.3 Å². The Morgan fingerprint density at radius 1 is 0.879 bits per heavy atom. The average Bonchev–Trinajstić information content (AvgIpc) is 2.70. The van der Waals surface area contributed by atoms with Crippen LogP contribution in [0.15, 0.2) is 70.1 Å². The number of para-hydroxylation sites is 1. The van der Waals surface area contributed by atoms with Gasteiger partial charge in [-0.15, -0.1) is 0 Å². The standard InChI is InChI=1S/C13H16N2O3.C12H11NO2/c1-7(2)10-5-12(15-9(4)17)13(18)6-11(10)14-8(3)16;1-8(2)10(7-13)12(15)9-5-3-4-6-11(9)14/h5-6H,1-4H3,(H,14,16)(H,15,17);3-6,14H,1-2H3. The zero-order valence-electron chi connectivity index (χ0n) is 19.5. The fourth-order valence-electron chi connectivity index (χ4n) is 2.76. The number of benzene rings is 1. The zero-order chi connectivity index (χ0) is 25.3. The van der Waals surface area contributed by atoms with E-state index in [0.717, 1.165) is 11.1 Å². The molecular formula is C25H27N3O5. The summed E-state index contributed by atoms with van der Waals surface area (Å²) in [6, 6.07) is 8.04. The van der Waals surface area contributed by atoms with Gasteiger partial charge < -0.3 is 15.7 Å². The van der Waals surface area contributed by atoms with Crippen molar-refractivity contribution >= 4 is 23.4 Å². The Kier molecular flexibility index (Phi) is 9.71. The van der Waals surface area contributed by atoms with Gasteiger partial charge >= 0.3 is 0 Å². The number of amides is 2. The first-order chi connectivity index (χ1) is 15.4. The van der Waals surface area contributed by atoms with Crippen LogP contribution in [0.2, 0.25) is 0 Å². The lowest BCUT2D eigenvalue weighted by Crippen LogP contribution is -2.30. The second-order valence-corrected chi connectivity index (χ2v) is 7.59. The lowest BCUT2D eigenvalue weighted by Gasteiger charge is -2.18. The number of ketones is 2. The molecule has 0 aromatic heterocycles. The van der Waals surface area contributed by atoms with Gasteiger partial charge in [-0.05, 0) is 51.5 Å². The van der Waals surface area contributed by atoms with Crippen LogP contribution in [0.3, 0.4) is 0 Å². The number of phenols is 1. The Bertz CT molecular complexity index is 1150. The molecule has 0 saturated heterocycles. The van der Waals surface area contributed by atoms with Crippen molar-refractivity contribution in [1.29, 1.82) is 5.26 Å². The summed E-state index contributed by atoms with van der Waals surface area (Å²) in [5.74, 6) is -1.42. The van der Waals surface area contributed by atoms with Gasteiger partial charge in [0, 0.05) is 19.9 Å². The highest BCUT2D eigenvalue weighted by molar-refractivity contribution is 6.13. The highest BCUT2D eigenvalue weighted by Gasteiger charge is 2.20. The molecule has 0 unspecified atom stereocenters. The summed E-state index contributed by atoms with van der Waals surface area (Å²) in [7, 11) is 0. The Hall–Kier alpha value is -4.25. The Morgan fingerprint density at radius 2 is 1.42 bits per heavy atom. The predicted octanol–water partition coefficient (Wildman–Crippen LogP) is 3.38. The topological polar surface area (TPSA) is 136 Å². The van der Waals surface area contributed by atoms with Crippen molar-refractivity contribution in [3.63, 3.8) is 0 Å². The van der Waals surface area contributed by atoms with Crippen LogP contribution >= 0.6 is 0 Å². The molecule has 0 saturated carbocycles. The van der Waals surface area contributed by atoms with Crippen molar-refractivity contribution in [1.82, 2.24) is 10.6 Å². The zero-order valence-corrected chi connectivity index (χ0v) is 19.5. The molecule has 33 heavy (non-hydrogen) atoms. The van der Waals surface area contributed by atoms with Crippen LogP contribution in [0.4, 0.5) is 0 Å². The van der Waals surface area contributed by atoms with Gasteiger partial charge in [-0.1, -0.05) is 23.3 Å². The van der Waals surface area contributed by atoms with Crippen LogP contribution in [0, 0.1) is 11.3 Å². The van der Waals surface area contributed by atoms with Gasteiger partial charge in [0.05, 0.1) is 22.5 Å². The number of nitrogens with zero attached hydrogens (tertiary/aromatic N) is 1. The number of hydrogen-bond donors (Lipinski definition) is 3. The van der Waals surface area contributed by atoms with Crippen molar-refractivity contribution in [2.24, 2.45) is 0 Å². The van der Waals surface area contributed by atoms with E-state index in [1.165, 1.54) is 32.1 Å². The number of rotatable bonds is 4. The van der Waals surface area contributed by atoms with E-state index in [1.54, 1.807) is 32.1 Å². The molecule has 2 amide bonds. The van der Waals surface area contributed by atoms with Gasteiger partial charge in [-0.25, -0.2) is 0 Å². The van der Waals surface area contributed by atoms with Gasteiger partial charge in [0.2, 0.25) is 23.4 Å². The van der Waals surface area contributed by atoms with E-state index in [-0.39, 0.29) is 40.2 Å². The quantitative estimate of drug-likeness (QED) is 0.366. The highest BCUT2D eigenvalue weighted by atomic mass is 16.3. The fraction of sp³-hybridized carbons (Fsp3) is 0.240. The molecule has 1 aliphatic rings. The molecular weight excluding hydrogens is 422 g/mol. The van der Waals surface area contributed by atoms with Crippen LogP contribution < -0.4 is 10.6 Å². The lowest BCUT2D eigenvalue weighted by molar-refractivity contribution is -0.120. The molecule has 0 aliphatic heterocycles.